The quantitative estimate of drug-likeness (QED) is 0.507. The number of nitrogens with one attached hydrogen (secondary N) is 1. The van der Waals surface area contributed by atoms with Crippen LogP contribution in [0.3, 0.4) is 0 Å². The number of amides is 1. The predicted octanol–water partition coefficient (Wildman–Crippen LogP) is 4.44. The van der Waals surface area contributed by atoms with Gasteiger partial charge in [0.2, 0.25) is 0 Å². The third-order valence-corrected chi connectivity index (χ3v) is 6.31. The normalized spacial score (nSPS) is 13.6. The van der Waals surface area contributed by atoms with Crippen molar-refractivity contribution in [2.45, 2.75) is 6.04 Å². The van der Waals surface area contributed by atoms with Crippen molar-refractivity contribution in [2.75, 3.05) is 13.2 Å². The number of imidazole rings is 1. The topological polar surface area (TPSA) is 65.4 Å². The van der Waals surface area contributed by atoms with Crippen LogP contribution in [0.15, 0.2) is 73.1 Å². The summed E-state index contributed by atoms with van der Waals surface area (Å²) in [5.41, 5.74) is 1.98. The van der Waals surface area contributed by atoms with E-state index in [0.29, 0.717) is 18.1 Å². The van der Waals surface area contributed by atoms with Crippen molar-refractivity contribution in [3.05, 3.63) is 89.3 Å². The number of aryl methyl sites for hydroxylation is 1. The van der Waals surface area contributed by atoms with Gasteiger partial charge in [0.25, 0.3) is 5.91 Å². The molecule has 2 aromatic heterocycles. The average Bonchev–Trinajstić information content (AvgIpc) is 3.47. The fraction of sp³-hybridized carbons (Fsp3) is 0.167. The van der Waals surface area contributed by atoms with Crippen molar-refractivity contribution < 1.29 is 14.3 Å². The second kappa shape index (κ2) is 8.28. The van der Waals surface area contributed by atoms with Crippen LogP contribution in [0.25, 0.3) is 10.4 Å². The number of ether oxygens (including phenoxy) is 2. The largest absolute Gasteiger partial charge is 0.486 e. The molecule has 3 heterocycles. The first-order valence-electron chi connectivity index (χ1n) is 10.0. The summed E-state index contributed by atoms with van der Waals surface area (Å²) in [6.07, 6.45) is 3.62. The lowest BCUT2D eigenvalue weighted by Crippen LogP contribution is -2.30. The van der Waals surface area contributed by atoms with E-state index in [4.69, 9.17) is 9.47 Å². The van der Waals surface area contributed by atoms with Gasteiger partial charge in [0, 0.05) is 24.3 Å². The van der Waals surface area contributed by atoms with E-state index < -0.39 is 0 Å². The number of nitrogens with zero attached hydrogens (tertiary/aromatic N) is 2. The monoisotopic (exact) mass is 431 g/mol. The molecule has 5 rings (SSSR count). The Morgan fingerprint density at radius 3 is 2.65 bits per heavy atom. The van der Waals surface area contributed by atoms with Crippen molar-refractivity contribution in [2.24, 2.45) is 7.05 Å². The van der Waals surface area contributed by atoms with Gasteiger partial charge in [0.05, 0.1) is 4.88 Å². The second-order valence-electron chi connectivity index (χ2n) is 7.24. The number of thiophene rings is 1. The van der Waals surface area contributed by atoms with Crippen molar-refractivity contribution in [1.82, 2.24) is 14.9 Å². The number of rotatable bonds is 5. The van der Waals surface area contributed by atoms with Crippen LogP contribution < -0.4 is 14.8 Å². The Bertz CT molecular complexity index is 1220. The van der Waals surface area contributed by atoms with Crippen LogP contribution in [0.1, 0.15) is 27.1 Å². The molecule has 1 aliphatic heterocycles. The molecule has 0 spiro atoms. The molecule has 0 saturated carbocycles. The number of benzene rings is 2. The highest BCUT2D eigenvalue weighted by atomic mass is 32.1. The zero-order chi connectivity index (χ0) is 21.2. The highest BCUT2D eigenvalue weighted by molar-refractivity contribution is 7.17. The Kier molecular flexibility index (Phi) is 5.18. The smallest absolute Gasteiger partial charge is 0.262 e. The minimum Gasteiger partial charge on any atom is -0.486 e. The molecule has 4 aromatic rings. The Labute approximate surface area is 184 Å². The maximum atomic E-state index is 13.1. The molecule has 0 aliphatic carbocycles. The third-order valence-electron chi connectivity index (χ3n) is 5.18. The molecule has 31 heavy (non-hydrogen) atoms. The minimum atomic E-state index is -0.339. The second-order valence-corrected chi connectivity index (χ2v) is 8.32. The minimum absolute atomic E-state index is 0.134. The van der Waals surface area contributed by atoms with E-state index in [1.54, 1.807) is 6.20 Å². The van der Waals surface area contributed by atoms with E-state index in [1.165, 1.54) is 11.3 Å². The SMILES string of the molecule is Cn1ccnc1[C@@H](NC(=O)c1ccc(-c2ccc3c(c2)OCCO3)s1)c1ccccc1. The molecule has 7 heteroatoms. The lowest BCUT2D eigenvalue weighted by molar-refractivity contribution is 0.0945. The number of carbonyl (C=O) groups is 1. The van der Waals surface area contributed by atoms with Crippen molar-refractivity contribution >= 4 is 17.2 Å². The summed E-state index contributed by atoms with van der Waals surface area (Å²) in [4.78, 5) is 19.2. The summed E-state index contributed by atoms with van der Waals surface area (Å²) in [5.74, 6) is 2.14. The fourth-order valence-corrected chi connectivity index (χ4v) is 4.52. The molecular weight excluding hydrogens is 410 g/mol. The zero-order valence-corrected chi connectivity index (χ0v) is 17.8. The Morgan fingerprint density at radius 1 is 1.06 bits per heavy atom. The van der Waals surface area contributed by atoms with E-state index in [0.717, 1.165) is 33.3 Å². The standard InChI is InChI=1S/C24H21N3O3S/c1-27-12-11-25-23(27)22(16-5-3-2-4-6-16)26-24(28)21-10-9-20(31-21)17-7-8-18-19(15-17)30-14-13-29-18/h2-12,15,22H,13-14H2,1H3,(H,26,28)/t22-/m0/s1. The van der Waals surface area contributed by atoms with Crippen molar-refractivity contribution in [3.8, 4) is 21.9 Å². The van der Waals surface area contributed by atoms with Gasteiger partial charge in [-0.1, -0.05) is 30.3 Å². The van der Waals surface area contributed by atoms with Crippen LogP contribution in [0.4, 0.5) is 0 Å². The van der Waals surface area contributed by atoms with Gasteiger partial charge in [-0.25, -0.2) is 4.98 Å². The van der Waals surface area contributed by atoms with E-state index in [1.807, 2.05) is 78.5 Å². The highest BCUT2D eigenvalue weighted by Gasteiger charge is 2.22. The molecule has 2 aromatic carbocycles. The molecule has 0 radical (unpaired) electrons. The molecular formula is C24H21N3O3S. The number of hydrogen-bond acceptors (Lipinski definition) is 5. The van der Waals surface area contributed by atoms with E-state index in [9.17, 15) is 4.79 Å². The maximum absolute atomic E-state index is 13.1. The Balaban J connectivity index is 1.40. The molecule has 1 amide bonds. The molecule has 156 valence electrons. The maximum Gasteiger partial charge on any atom is 0.262 e. The summed E-state index contributed by atoms with van der Waals surface area (Å²) in [6.45, 7) is 1.11. The van der Waals surface area contributed by atoms with Crippen LogP contribution >= 0.6 is 11.3 Å². The van der Waals surface area contributed by atoms with Crippen LogP contribution in [0.2, 0.25) is 0 Å². The van der Waals surface area contributed by atoms with Crippen LogP contribution in [0.5, 0.6) is 11.5 Å². The lowest BCUT2D eigenvalue weighted by Gasteiger charge is -2.19. The van der Waals surface area contributed by atoms with E-state index >= 15 is 0 Å². The molecule has 1 atom stereocenters. The molecule has 0 saturated heterocycles. The van der Waals surface area contributed by atoms with Gasteiger partial charge in [-0.15, -0.1) is 11.3 Å². The summed E-state index contributed by atoms with van der Waals surface area (Å²) < 4.78 is 13.2. The summed E-state index contributed by atoms with van der Waals surface area (Å²) >= 11 is 1.45. The highest BCUT2D eigenvalue weighted by Crippen LogP contribution is 2.37. The first kappa shape index (κ1) is 19.4. The molecule has 1 aliphatic rings. The molecule has 6 nitrogen and oxygen atoms in total. The molecule has 0 fully saturated rings. The van der Waals surface area contributed by atoms with Gasteiger partial charge in [0.15, 0.2) is 11.5 Å². The average molecular weight is 432 g/mol. The van der Waals surface area contributed by atoms with Gasteiger partial charge in [0.1, 0.15) is 25.1 Å². The Morgan fingerprint density at radius 2 is 1.87 bits per heavy atom. The lowest BCUT2D eigenvalue weighted by atomic mass is 10.1. The first-order valence-corrected chi connectivity index (χ1v) is 10.8. The van der Waals surface area contributed by atoms with Crippen molar-refractivity contribution in [1.29, 1.82) is 0 Å². The fourth-order valence-electron chi connectivity index (χ4n) is 3.61. The number of fused-ring (bicyclic) bond motifs is 1. The van der Waals surface area contributed by atoms with Gasteiger partial charge in [-0.05, 0) is 41.5 Å². The van der Waals surface area contributed by atoms with E-state index in [2.05, 4.69) is 10.3 Å². The van der Waals surface area contributed by atoms with Gasteiger partial charge >= 0.3 is 0 Å². The number of aromatic nitrogens is 2. The van der Waals surface area contributed by atoms with Crippen LogP contribution in [0, 0.1) is 0 Å². The number of carbonyl (C=O) groups excluding carboxylic acids is 1. The molecule has 0 bridgehead atoms. The van der Waals surface area contributed by atoms with Gasteiger partial charge < -0.3 is 19.4 Å². The Hall–Kier alpha value is -3.58. The number of hydrogen-bond donors (Lipinski definition) is 1. The predicted molar refractivity (Wildman–Crippen MR) is 120 cm³/mol. The van der Waals surface area contributed by atoms with Gasteiger partial charge in [-0.3, -0.25) is 4.79 Å². The van der Waals surface area contributed by atoms with Crippen LogP contribution in [-0.4, -0.2) is 28.7 Å². The van der Waals surface area contributed by atoms with Gasteiger partial charge in [-0.2, -0.15) is 0 Å². The summed E-state index contributed by atoms with van der Waals surface area (Å²) in [5, 5.41) is 3.15. The summed E-state index contributed by atoms with van der Waals surface area (Å²) in [6, 6.07) is 19.2. The molecule has 1 N–H and O–H groups in total. The van der Waals surface area contributed by atoms with E-state index in [-0.39, 0.29) is 11.9 Å². The third kappa shape index (κ3) is 3.92. The summed E-state index contributed by atoms with van der Waals surface area (Å²) in [7, 11) is 1.93. The first-order chi connectivity index (χ1) is 15.2. The molecule has 0 unspecified atom stereocenters. The van der Waals surface area contributed by atoms with Crippen molar-refractivity contribution in [3.63, 3.8) is 0 Å². The zero-order valence-electron chi connectivity index (χ0n) is 16.9. The van der Waals surface area contributed by atoms with Crippen LogP contribution in [-0.2, 0) is 7.05 Å².